The minimum absolute atomic E-state index is 0.127. The lowest BCUT2D eigenvalue weighted by atomic mass is 9.62. The Kier molecular flexibility index (Phi) is 4.20. The van der Waals surface area contributed by atoms with Crippen molar-refractivity contribution < 1.29 is 14.4 Å². The van der Waals surface area contributed by atoms with Crippen molar-refractivity contribution in [3.8, 4) is 0 Å². The topological polar surface area (TPSA) is 69.7 Å². The van der Waals surface area contributed by atoms with Gasteiger partial charge in [-0.15, -0.1) is 0 Å². The lowest BCUT2D eigenvalue weighted by Crippen LogP contribution is -2.74. The van der Waals surface area contributed by atoms with Gasteiger partial charge in [-0.05, 0) is 48.4 Å². The molecule has 4 amide bonds. The zero-order valence-corrected chi connectivity index (χ0v) is 17.2. The maximum absolute atomic E-state index is 14.0. The van der Waals surface area contributed by atoms with E-state index in [0.717, 1.165) is 29.1 Å². The molecule has 2 aromatic carbocycles. The van der Waals surface area contributed by atoms with Crippen LogP contribution < -0.4 is 15.1 Å². The summed E-state index contributed by atoms with van der Waals surface area (Å²) >= 11 is 0. The van der Waals surface area contributed by atoms with E-state index < -0.39 is 23.3 Å². The number of fused-ring (bicyclic) bond motifs is 4. The van der Waals surface area contributed by atoms with Gasteiger partial charge in [-0.3, -0.25) is 14.9 Å². The number of barbiturate groups is 1. The van der Waals surface area contributed by atoms with Crippen molar-refractivity contribution in [2.75, 3.05) is 16.3 Å². The number of piperidine rings is 1. The monoisotopic (exact) mass is 403 g/mol. The number of rotatable bonds is 1. The normalized spacial score (nSPS) is 30.7. The standard InChI is InChI=1S/C24H25N3O3/c1-15-12-16(2)20-24(13-17-8-6-7-11-19(17)26(20)14-15)21(28)25-23(30)27(22(24)29)18-9-4-3-5-10-18/h3-11,15-16,20H,12-14H2,1-2H3,(H,25,28,30)/t15-,16-,20+,24-/m0/s1. The van der Waals surface area contributed by atoms with E-state index in [1.165, 1.54) is 0 Å². The fourth-order valence-corrected chi connectivity index (χ4v) is 5.82. The van der Waals surface area contributed by atoms with Gasteiger partial charge in [0.15, 0.2) is 5.41 Å². The first-order valence-electron chi connectivity index (χ1n) is 10.5. The molecule has 2 aromatic rings. The van der Waals surface area contributed by atoms with Gasteiger partial charge < -0.3 is 4.90 Å². The second-order valence-corrected chi connectivity index (χ2v) is 8.93. The van der Waals surface area contributed by atoms with Gasteiger partial charge in [0, 0.05) is 12.2 Å². The zero-order valence-electron chi connectivity index (χ0n) is 17.2. The predicted molar refractivity (Wildman–Crippen MR) is 114 cm³/mol. The van der Waals surface area contributed by atoms with Gasteiger partial charge in [0.05, 0.1) is 11.7 Å². The molecule has 0 unspecified atom stereocenters. The van der Waals surface area contributed by atoms with Gasteiger partial charge in [0.25, 0.3) is 5.91 Å². The third kappa shape index (κ3) is 2.52. The van der Waals surface area contributed by atoms with E-state index in [-0.39, 0.29) is 12.0 Å². The Balaban J connectivity index is 1.70. The van der Waals surface area contributed by atoms with Crippen molar-refractivity contribution in [3.05, 3.63) is 60.2 Å². The number of imide groups is 2. The third-order valence-electron chi connectivity index (χ3n) is 6.86. The minimum Gasteiger partial charge on any atom is -0.366 e. The summed E-state index contributed by atoms with van der Waals surface area (Å²) < 4.78 is 0. The molecular weight excluding hydrogens is 378 g/mol. The van der Waals surface area contributed by atoms with Crippen molar-refractivity contribution >= 4 is 29.2 Å². The highest BCUT2D eigenvalue weighted by Gasteiger charge is 2.64. The van der Waals surface area contributed by atoms with Crippen molar-refractivity contribution in [2.24, 2.45) is 17.3 Å². The second kappa shape index (κ2) is 6.69. The fraction of sp³-hybridized carbons (Fsp3) is 0.375. The summed E-state index contributed by atoms with van der Waals surface area (Å²) in [6.45, 7) is 5.11. The average molecular weight is 403 g/mol. The van der Waals surface area contributed by atoms with Crippen molar-refractivity contribution in [1.29, 1.82) is 0 Å². The van der Waals surface area contributed by atoms with E-state index in [9.17, 15) is 14.4 Å². The lowest BCUT2D eigenvalue weighted by Gasteiger charge is -2.56. The molecule has 6 nitrogen and oxygen atoms in total. The van der Waals surface area contributed by atoms with E-state index >= 15 is 0 Å². The first-order chi connectivity index (χ1) is 14.4. The Bertz CT molecular complexity index is 1040. The van der Waals surface area contributed by atoms with Crippen molar-refractivity contribution in [1.82, 2.24) is 5.32 Å². The first-order valence-corrected chi connectivity index (χ1v) is 10.5. The highest BCUT2D eigenvalue weighted by molar-refractivity contribution is 6.30. The number of hydrogen-bond acceptors (Lipinski definition) is 4. The predicted octanol–water partition coefficient (Wildman–Crippen LogP) is 3.36. The van der Waals surface area contributed by atoms with Gasteiger partial charge in [-0.1, -0.05) is 50.2 Å². The molecule has 2 fully saturated rings. The third-order valence-corrected chi connectivity index (χ3v) is 6.86. The highest BCUT2D eigenvalue weighted by atomic mass is 16.2. The fourth-order valence-electron chi connectivity index (χ4n) is 5.82. The molecule has 1 spiro atoms. The van der Waals surface area contributed by atoms with E-state index in [1.807, 2.05) is 24.3 Å². The minimum atomic E-state index is -1.34. The molecule has 6 heteroatoms. The van der Waals surface area contributed by atoms with Crippen LogP contribution in [0, 0.1) is 17.3 Å². The van der Waals surface area contributed by atoms with Gasteiger partial charge in [0.2, 0.25) is 5.91 Å². The molecule has 2 saturated heterocycles. The number of para-hydroxylation sites is 2. The molecule has 0 radical (unpaired) electrons. The SMILES string of the molecule is C[C@H]1C[C@H](C)[C@H]2N(C1)c1ccccc1C[C@@]21C(=O)NC(=O)N(c2ccccc2)C1=O. The number of nitrogens with one attached hydrogen (secondary N) is 1. The van der Waals surface area contributed by atoms with Crippen LogP contribution in [0.4, 0.5) is 16.2 Å². The molecule has 0 saturated carbocycles. The number of carbonyl (C=O) groups excluding carboxylic acids is 3. The summed E-state index contributed by atoms with van der Waals surface area (Å²) in [6.07, 6.45) is 1.23. The molecule has 154 valence electrons. The molecule has 0 aliphatic carbocycles. The Morgan fingerprint density at radius 3 is 2.43 bits per heavy atom. The van der Waals surface area contributed by atoms with E-state index in [1.54, 1.807) is 24.3 Å². The van der Waals surface area contributed by atoms with Crippen LogP contribution in [0.3, 0.4) is 0 Å². The van der Waals surface area contributed by atoms with Crippen LogP contribution in [0.2, 0.25) is 0 Å². The van der Waals surface area contributed by atoms with Crippen LogP contribution in [0.15, 0.2) is 54.6 Å². The molecule has 5 rings (SSSR count). The van der Waals surface area contributed by atoms with E-state index in [2.05, 4.69) is 30.1 Å². The quantitative estimate of drug-likeness (QED) is 0.742. The summed E-state index contributed by atoms with van der Waals surface area (Å²) in [6, 6.07) is 15.9. The number of amides is 4. The number of urea groups is 1. The summed E-state index contributed by atoms with van der Waals surface area (Å²) in [5, 5.41) is 2.52. The summed E-state index contributed by atoms with van der Waals surface area (Å²) in [5.74, 6) is -0.320. The molecule has 30 heavy (non-hydrogen) atoms. The smallest absolute Gasteiger partial charge is 0.335 e. The van der Waals surface area contributed by atoms with E-state index in [4.69, 9.17) is 0 Å². The van der Waals surface area contributed by atoms with Crippen molar-refractivity contribution in [2.45, 2.75) is 32.7 Å². The van der Waals surface area contributed by atoms with Gasteiger partial charge in [0.1, 0.15) is 0 Å². The van der Waals surface area contributed by atoms with Crippen LogP contribution in [0.25, 0.3) is 0 Å². The molecule has 3 heterocycles. The lowest BCUT2D eigenvalue weighted by molar-refractivity contribution is -0.146. The summed E-state index contributed by atoms with van der Waals surface area (Å²) in [7, 11) is 0. The Morgan fingerprint density at radius 1 is 0.967 bits per heavy atom. The van der Waals surface area contributed by atoms with Crippen LogP contribution in [0.1, 0.15) is 25.8 Å². The maximum atomic E-state index is 14.0. The summed E-state index contributed by atoms with van der Waals surface area (Å²) in [4.78, 5) is 43.6. The van der Waals surface area contributed by atoms with E-state index in [0.29, 0.717) is 18.0 Å². The van der Waals surface area contributed by atoms with Gasteiger partial charge >= 0.3 is 6.03 Å². The van der Waals surface area contributed by atoms with Crippen LogP contribution in [-0.2, 0) is 16.0 Å². The van der Waals surface area contributed by atoms with Gasteiger partial charge in [-0.25, -0.2) is 9.69 Å². The maximum Gasteiger partial charge on any atom is 0.335 e. The highest BCUT2D eigenvalue weighted by Crippen LogP contribution is 2.50. The Hall–Kier alpha value is -3.15. The van der Waals surface area contributed by atoms with Crippen LogP contribution in [-0.4, -0.2) is 30.4 Å². The van der Waals surface area contributed by atoms with Crippen LogP contribution in [0.5, 0.6) is 0 Å². The Labute approximate surface area is 175 Å². The molecule has 0 aromatic heterocycles. The number of anilines is 2. The molecule has 1 N–H and O–H groups in total. The molecule has 4 atom stereocenters. The summed E-state index contributed by atoms with van der Waals surface area (Å²) in [5.41, 5.74) is 1.21. The molecule has 3 aliphatic rings. The molecular formula is C24H25N3O3. The van der Waals surface area contributed by atoms with Gasteiger partial charge in [-0.2, -0.15) is 0 Å². The largest absolute Gasteiger partial charge is 0.366 e. The molecule has 3 aliphatic heterocycles. The van der Waals surface area contributed by atoms with Crippen molar-refractivity contribution in [3.63, 3.8) is 0 Å². The number of carbonyl (C=O) groups is 3. The average Bonchev–Trinajstić information content (AvgIpc) is 2.72. The Morgan fingerprint density at radius 2 is 1.67 bits per heavy atom. The zero-order chi connectivity index (χ0) is 21.0. The first kappa shape index (κ1) is 18.9. The number of nitrogens with zero attached hydrogens (tertiary/aromatic N) is 2. The number of hydrogen-bond donors (Lipinski definition) is 1. The van der Waals surface area contributed by atoms with Crippen LogP contribution >= 0.6 is 0 Å². The molecule has 0 bridgehead atoms. The second-order valence-electron chi connectivity index (χ2n) is 8.93. The number of benzene rings is 2.